The number of carbonyl (C=O) groups is 1. The van der Waals surface area contributed by atoms with Crippen LogP contribution in [0.4, 0.5) is 11.4 Å². The molecule has 1 saturated heterocycles. The van der Waals surface area contributed by atoms with Crippen molar-refractivity contribution in [1.82, 2.24) is 15.2 Å². The van der Waals surface area contributed by atoms with Crippen LogP contribution < -0.4 is 20.8 Å². The van der Waals surface area contributed by atoms with Crippen molar-refractivity contribution in [2.75, 3.05) is 55.8 Å². The monoisotopic (exact) mass is 503 g/mol. The number of nitrogens with one attached hydrogen (secondary N) is 2. The van der Waals surface area contributed by atoms with Crippen LogP contribution >= 0.6 is 0 Å². The van der Waals surface area contributed by atoms with Crippen molar-refractivity contribution in [2.24, 2.45) is 0 Å². The van der Waals surface area contributed by atoms with Gasteiger partial charge in [-0.1, -0.05) is 12.1 Å². The number of piperazine rings is 1. The lowest BCUT2D eigenvalue weighted by Gasteiger charge is -2.37. The van der Waals surface area contributed by atoms with Gasteiger partial charge in [-0.3, -0.25) is 24.4 Å². The molecule has 5 rings (SSSR count). The molecule has 196 valence electrons. The molecule has 0 radical (unpaired) electrons. The van der Waals surface area contributed by atoms with Gasteiger partial charge in [0.2, 0.25) is 0 Å². The van der Waals surface area contributed by atoms with Gasteiger partial charge < -0.3 is 15.2 Å². The number of anilines is 2. The molecular formula is C29H37N5O3. The zero-order chi connectivity index (χ0) is 25.9. The summed E-state index contributed by atoms with van der Waals surface area (Å²) in [7, 11) is 0. The number of aromatic nitrogens is 1. The van der Waals surface area contributed by atoms with Crippen LogP contribution in [-0.2, 0) is 17.8 Å². The quantitative estimate of drug-likeness (QED) is 0.513. The number of fused-ring (bicyclic) bond motifs is 3. The van der Waals surface area contributed by atoms with E-state index in [0.29, 0.717) is 18.7 Å². The average molecular weight is 504 g/mol. The van der Waals surface area contributed by atoms with E-state index in [1.54, 1.807) is 0 Å². The van der Waals surface area contributed by atoms with Crippen LogP contribution in [0.5, 0.6) is 0 Å². The van der Waals surface area contributed by atoms with E-state index < -0.39 is 0 Å². The van der Waals surface area contributed by atoms with Crippen LogP contribution in [0.1, 0.15) is 47.3 Å². The summed E-state index contributed by atoms with van der Waals surface area (Å²) in [5, 5.41) is 5.81. The Bertz CT molecular complexity index is 1340. The molecular weight excluding hydrogens is 466 g/mol. The molecule has 2 aliphatic rings. The highest BCUT2D eigenvalue weighted by molar-refractivity contribution is 5.95. The smallest absolute Gasteiger partial charge is 0.253 e. The summed E-state index contributed by atoms with van der Waals surface area (Å²) in [5.74, 6) is -0.0233. The Labute approximate surface area is 218 Å². The van der Waals surface area contributed by atoms with Gasteiger partial charge in [0.05, 0.1) is 17.8 Å². The summed E-state index contributed by atoms with van der Waals surface area (Å²) >= 11 is 0. The Kier molecular flexibility index (Phi) is 7.48. The lowest BCUT2D eigenvalue weighted by atomic mass is 10.00. The third-order valence-corrected chi connectivity index (χ3v) is 7.39. The average Bonchev–Trinajstić information content (AvgIpc) is 2.90. The molecule has 3 heterocycles. The summed E-state index contributed by atoms with van der Waals surface area (Å²) < 4.78 is 0. The first-order valence-electron chi connectivity index (χ1n) is 13.4. The standard InChI is InChI=1S/C29H37N5O3/c1-4-30-28(35)22-9-11-26(20(3)17-22)33-15-13-32(14-16-33)19-21-8-10-23-25(18-21)31-29(36)24-7-6-12-34(27(23)24)37-5-2/h8-11,17-18H,4-7,12-16,19H2,1-3H3,(H,30,35)(H,31,36). The van der Waals surface area contributed by atoms with Crippen LogP contribution in [0, 0.1) is 6.92 Å². The molecule has 0 atom stereocenters. The fraction of sp³-hybridized carbons (Fsp3) is 0.448. The van der Waals surface area contributed by atoms with Gasteiger partial charge in [0, 0.05) is 68.0 Å². The zero-order valence-corrected chi connectivity index (χ0v) is 22.1. The first-order chi connectivity index (χ1) is 18.0. The normalized spacial score (nSPS) is 16.2. The van der Waals surface area contributed by atoms with Crippen molar-refractivity contribution in [3.05, 3.63) is 69.0 Å². The predicted molar refractivity (Wildman–Crippen MR) is 149 cm³/mol. The third kappa shape index (κ3) is 5.22. The van der Waals surface area contributed by atoms with Crippen molar-refractivity contribution in [2.45, 2.75) is 40.2 Å². The molecule has 0 spiro atoms. The SMILES string of the molecule is CCNC(=O)c1ccc(N2CCN(Cc3ccc4c5c(c(=O)[nH]c4c3)CCCN5OCC)CC2)c(C)c1. The van der Waals surface area contributed by atoms with E-state index in [9.17, 15) is 9.59 Å². The number of aromatic amines is 1. The minimum Gasteiger partial charge on any atom is -0.369 e. The molecule has 1 amide bonds. The highest BCUT2D eigenvalue weighted by Gasteiger charge is 2.24. The zero-order valence-electron chi connectivity index (χ0n) is 22.1. The summed E-state index contributed by atoms with van der Waals surface area (Å²) in [4.78, 5) is 38.8. The first-order valence-corrected chi connectivity index (χ1v) is 13.4. The van der Waals surface area contributed by atoms with Crippen molar-refractivity contribution >= 4 is 28.2 Å². The number of hydrogen-bond acceptors (Lipinski definition) is 6. The lowest BCUT2D eigenvalue weighted by Crippen LogP contribution is -2.46. The third-order valence-electron chi connectivity index (χ3n) is 7.39. The van der Waals surface area contributed by atoms with Crippen molar-refractivity contribution < 1.29 is 9.63 Å². The van der Waals surface area contributed by atoms with Gasteiger partial charge in [0.15, 0.2) is 0 Å². The van der Waals surface area contributed by atoms with Crippen LogP contribution in [0.25, 0.3) is 10.9 Å². The molecule has 1 aromatic heterocycles. The van der Waals surface area contributed by atoms with E-state index in [0.717, 1.165) is 79.8 Å². The fourth-order valence-corrected chi connectivity index (χ4v) is 5.60. The number of benzene rings is 2. The van der Waals surface area contributed by atoms with Gasteiger partial charge in [-0.2, -0.15) is 0 Å². The number of amides is 1. The van der Waals surface area contributed by atoms with Gasteiger partial charge in [-0.15, -0.1) is 0 Å². The van der Waals surface area contributed by atoms with Gasteiger partial charge in [-0.05, 0) is 69.0 Å². The van der Waals surface area contributed by atoms with Crippen LogP contribution in [0.15, 0.2) is 41.2 Å². The summed E-state index contributed by atoms with van der Waals surface area (Å²) in [6.45, 7) is 12.6. The van der Waals surface area contributed by atoms with Gasteiger partial charge in [-0.25, -0.2) is 0 Å². The molecule has 0 bridgehead atoms. The van der Waals surface area contributed by atoms with Crippen molar-refractivity contribution in [1.29, 1.82) is 0 Å². The number of hydroxylamine groups is 1. The highest BCUT2D eigenvalue weighted by atomic mass is 16.7. The Morgan fingerprint density at radius 1 is 1.05 bits per heavy atom. The number of carbonyl (C=O) groups excluding carboxylic acids is 1. The van der Waals surface area contributed by atoms with E-state index in [1.165, 1.54) is 11.3 Å². The van der Waals surface area contributed by atoms with Crippen LogP contribution in [0.2, 0.25) is 0 Å². The maximum absolute atomic E-state index is 12.8. The Hall–Kier alpha value is -3.36. The second-order valence-electron chi connectivity index (χ2n) is 9.91. The fourth-order valence-electron chi connectivity index (χ4n) is 5.60. The Morgan fingerprint density at radius 2 is 1.86 bits per heavy atom. The lowest BCUT2D eigenvalue weighted by molar-refractivity contribution is 0.0955. The van der Waals surface area contributed by atoms with Crippen molar-refractivity contribution in [3.63, 3.8) is 0 Å². The molecule has 8 heteroatoms. The summed E-state index contributed by atoms with van der Waals surface area (Å²) in [6.07, 6.45) is 1.70. The number of pyridine rings is 1. The number of aryl methyl sites for hydroxylation is 1. The van der Waals surface area contributed by atoms with E-state index >= 15 is 0 Å². The van der Waals surface area contributed by atoms with Crippen LogP contribution in [0.3, 0.4) is 0 Å². The first kappa shape index (κ1) is 25.3. The minimum atomic E-state index is -0.0233. The second-order valence-corrected chi connectivity index (χ2v) is 9.91. The molecule has 2 aromatic carbocycles. The topological polar surface area (TPSA) is 80.9 Å². The molecule has 0 unspecified atom stereocenters. The molecule has 2 N–H and O–H groups in total. The molecule has 1 fully saturated rings. The number of H-pyrrole nitrogens is 1. The molecule has 3 aromatic rings. The maximum atomic E-state index is 12.8. The van der Waals surface area contributed by atoms with Crippen LogP contribution in [-0.4, -0.2) is 61.7 Å². The highest BCUT2D eigenvalue weighted by Crippen LogP contribution is 2.33. The van der Waals surface area contributed by atoms with Gasteiger partial charge in [0.1, 0.15) is 0 Å². The number of nitrogens with zero attached hydrogens (tertiary/aromatic N) is 3. The number of rotatable bonds is 7. The second kappa shape index (κ2) is 10.9. The van der Waals surface area contributed by atoms with E-state index in [1.807, 2.05) is 31.0 Å². The van der Waals surface area contributed by atoms with Gasteiger partial charge in [0.25, 0.3) is 11.5 Å². The summed E-state index contributed by atoms with van der Waals surface area (Å²) in [5.41, 5.74) is 6.84. The molecule has 37 heavy (non-hydrogen) atoms. The van der Waals surface area contributed by atoms with Crippen molar-refractivity contribution in [3.8, 4) is 0 Å². The predicted octanol–water partition coefficient (Wildman–Crippen LogP) is 3.61. The molecule has 8 nitrogen and oxygen atoms in total. The van der Waals surface area contributed by atoms with E-state index in [-0.39, 0.29) is 11.5 Å². The molecule has 0 aliphatic carbocycles. The Balaban J connectivity index is 1.27. The molecule has 2 aliphatic heterocycles. The summed E-state index contributed by atoms with van der Waals surface area (Å²) in [6, 6.07) is 12.4. The van der Waals surface area contributed by atoms with Gasteiger partial charge >= 0.3 is 0 Å². The largest absolute Gasteiger partial charge is 0.369 e. The van der Waals surface area contributed by atoms with E-state index in [4.69, 9.17) is 4.84 Å². The number of hydrogen-bond donors (Lipinski definition) is 2. The van der Waals surface area contributed by atoms with E-state index in [2.05, 4.69) is 51.3 Å². The molecule has 0 saturated carbocycles. The Morgan fingerprint density at radius 3 is 2.59 bits per heavy atom. The minimum absolute atomic E-state index is 0.00812. The maximum Gasteiger partial charge on any atom is 0.253 e.